The van der Waals surface area contributed by atoms with E-state index in [1.807, 2.05) is 16.7 Å². The molecule has 0 bridgehead atoms. The molecule has 2 fully saturated rings. The van der Waals surface area contributed by atoms with E-state index >= 15 is 0 Å². The number of piperidine rings is 1. The van der Waals surface area contributed by atoms with Crippen molar-refractivity contribution in [2.24, 2.45) is 5.92 Å². The number of hydrogen-bond acceptors (Lipinski definition) is 3. The molecule has 0 saturated carbocycles. The molecule has 2 saturated heterocycles. The molecule has 0 N–H and O–H groups in total. The number of benzene rings is 1. The van der Waals surface area contributed by atoms with E-state index in [0.29, 0.717) is 6.54 Å². The van der Waals surface area contributed by atoms with Gasteiger partial charge in [0, 0.05) is 37.1 Å². The van der Waals surface area contributed by atoms with Crippen molar-refractivity contribution in [3.63, 3.8) is 0 Å². The summed E-state index contributed by atoms with van der Waals surface area (Å²) in [6.45, 7) is 3.99. The molecule has 2 aliphatic heterocycles. The van der Waals surface area contributed by atoms with Crippen molar-refractivity contribution in [1.82, 2.24) is 9.80 Å². The molecule has 138 valence electrons. The first-order valence-corrected chi connectivity index (χ1v) is 9.84. The molecule has 1 amide bonds. The Morgan fingerprint density at radius 1 is 1.04 bits per heavy atom. The van der Waals surface area contributed by atoms with Gasteiger partial charge in [-0.05, 0) is 43.6 Å². The zero-order valence-corrected chi connectivity index (χ0v) is 14.9. The molecule has 3 nitrogen and oxygen atoms in total. The molecule has 0 spiro atoms. The van der Waals surface area contributed by atoms with Crippen molar-refractivity contribution in [2.45, 2.75) is 25.6 Å². The minimum Gasteiger partial charge on any atom is -0.341 e. The standard InChI is InChI=1S/C18H23F3N2OS/c19-18(20,21)16-3-1-14(2-4-16)13-22-7-5-15(6-8-22)17(24)23-9-11-25-12-10-23/h1-4,15H,5-13H2. The minimum absolute atomic E-state index is 0.104. The zero-order valence-electron chi connectivity index (χ0n) is 14.1. The Kier molecular flexibility index (Phi) is 5.94. The van der Waals surface area contributed by atoms with E-state index in [0.717, 1.165) is 68.2 Å². The second-order valence-electron chi connectivity index (χ2n) is 6.68. The van der Waals surface area contributed by atoms with Crippen LogP contribution in [0.1, 0.15) is 24.0 Å². The summed E-state index contributed by atoms with van der Waals surface area (Å²) in [5.41, 5.74) is 0.270. The third-order valence-electron chi connectivity index (χ3n) is 4.95. The Morgan fingerprint density at radius 3 is 2.20 bits per heavy atom. The highest BCUT2D eigenvalue weighted by atomic mass is 32.2. The topological polar surface area (TPSA) is 23.6 Å². The Bertz CT molecular complexity index is 577. The number of alkyl halides is 3. The molecule has 25 heavy (non-hydrogen) atoms. The van der Waals surface area contributed by atoms with Crippen LogP contribution < -0.4 is 0 Å². The number of carbonyl (C=O) groups excluding carboxylic acids is 1. The first-order chi connectivity index (χ1) is 11.9. The van der Waals surface area contributed by atoms with Gasteiger partial charge < -0.3 is 4.90 Å². The first-order valence-electron chi connectivity index (χ1n) is 8.68. The zero-order chi connectivity index (χ0) is 17.9. The van der Waals surface area contributed by atoms with Crippen molar-refractivity contribution < 1.29 is 18.0 Å². The average Bonchev–Trinajstić information content (AvgIpc) is 2.62. The highest BCUT2D eigenvalue weighted by Crippen LogP contribution is 2.29. The maximum atomic E-state index is 12.6. The van der Waals surface area contributed by atoms with E-state index in [4.69, 9.17) is 0 Å². The van der Waals surface area contributed by atoms with Crippen molar-refractivity contribution in [2.75, 3.05) is 37.7 Å². The fourth-order valence-electron chi connectivity index (χ4n) is 3.44. The largest absolute Gasteiger partial charge is 0.416 e. The number of nitrogens with zero attached hydrogens (tertiary/aromatic N) is 2. The van der Waals surface area contributed by atoms with Crippen LogP contribution in [0.2, 0.25) is 0 Å². The van der Waals surface area contributed by atoms with Gasteiger partial charge in [-0.1, -0.05) is 12.1 Å². The summed E-state index contributed by atoms with van der Waals surface area (Å²) in [5, 5.41) is 0. The molecule has 2 heterocycles. The second kappa shape index (κ2) is 7.99. The van der Waals surface area contributed by atoms with Crippen LogP contribution in [0, 0.1) is 5.92 Å². The predicted octanol–water partition coefficient (Wildman–Crippen LogP) is 3.49. The number of carbonyl (C=O) groups is 1. The summed E-state index contributed by atoms with van der Waals surface area (Å²) in [6, 6.07) is 5.37. The molecule has 7 heteroatoms. The lowest BCUT2D eigenvalue weighted by molar-refractivity contribution is -0.138. The van der Waals surface area contributed by atoms with Gasteiger partial charge in [0.1, 0.15) is 0 Å². The molecule has 0 aromatic heterocycles. The summed E-state index contributed by atoms with van der Waals surface area (Å²) in [6.07, 6.45) is -2.61. The van der Waals surface area contributed by atoms with Gasteiger partial charge in [0.25, 0.3) is 0 Å². The maximum Gasteiger partial charge on any atom is 0.416 e. The van der Waals surface area contributed by atoms with Crippen LogP contribution in [-0.2, 0) is 17.5 Å². The number of thioether (sulfide) groups is 1. The number of likely N-dealkylation sites (tertiary alicyclic amines) is 1. The Balaban J connectivity index is 1.48. The van der Waals surface area contributed by atoms with Gasteiger partial charge in [0.15, 0.2) is 0 Å². The first kappa shape index (κ1) is 18.6. The molecular formula is C18H23F3N2OS. The predicted molar refractivity (Wildman–Crippen MR) is 93.4 cm³/mol. The van der Waals surface area contributed by atoms with Crippen LogP contribution in [0.15, 0.2) is 24.3 Å². The van der Waals surface area contributed by atoms with E-state index < -0.39 is 11.7 Å². The number of amides is 1. The minimum atomic E-state index is -4.29. The number of rotatable bonds is 3. The van der Waals surface area contributed by atoms with Crippen molar-refractivity contribution in [3.05, 3.63) is 35.4 Å². The fourth-order valence-corrected chi connectivity index (χ4v) is 4.34. The lowest BCUT2D eigenvalue weighted by atomic mass is 9.95. The van der Waals surface area contributed by atoms with E-state index in [1.165, 1.54) is 0 Å². The highest BCUT2D eigenvalue weighted by Gasteiger charge is 2.31. The molecule has 2 aliphatic rings. The molecule has 0 atom stereocenters. The van der Waals surface area contributed by atoms with E-state index in [1.54, 1.807) is 12.1 Å². The van der Waals surface area contributed by atoms with Crippen molar-refractivity contribution >= 4 is 17.7 Å². The third kappa shape index (κ3) is 4.91. The summed E-state index contributed by atoms with van der Waals surface area (Å²) in [5.74, 6) is 2.44. The SMILES string of the molecule is O=C(C1CCN(Cc2ccc(C(F)(F)F)cc2)CC1)N1CCSCC1. The fraction of sp³-hybridized carbons (Fsp3) is 0.611. The maximum absolute atomic E-state index is 12.6. The van der Waals surface area contributed by atoms with Crippen LogP contribution in [-0.4, -0.2) is 53.4 Å². The van der Waals surface area contributed by atoms with Crippen LogP contribution in [0.25, 0.3) is 0 Å². The lowest BCUT2D eigenvalue weighted by Crippen LogP contribution is -2.45. The molecule has 3 rings (SSSR count). The Labute approximate surface area is 150 Å². The molecular weight excluding hydrogens is 349 g/mol. The number of halogens is 3. The normalized spacial score (nSPS) is 20.7. The van der Waals surface area contributed by atoms with Gasteiger partial charge in [-0.3, -0.25) is 9.69 Å². The van der Waals surface area contributed by atoms with Crippen LogP contribution >= 0.6 is 11.8 Å². The van der Waals surface area contributed by atoms with E-state index in [-0.39, 0.29) is 11.8 Å². The highest BCUT2D eigenvalue weighted by molar-refractivity contribution is 7.99. The molecule has 0 unspecified atom stereocenters. The Morgan fingerprint density at radius 2 is 1.64 bits per heavy atom. The molecule has 1 aromatic rings. The Hall–Kier alpha value is -1.21. The van der Waals surface area contributed by atoms with Crippen molar-refractivity contribution in [1.29, 1.82) is 0 Å². The molecule has 0 radical (unpaired) electrons. The summed E-state index contributed by atoms with van der Waals surface area (Å²) in [7, 11) is 0. The van der Waals surface area contributed by atoms with Gasteiger partial charge in [-0.15, -0.1) is 0 Å². The van der Waals surface area contributed by atoms with Gasteiger partial charge in [0.2, 0.25) is 5.91 Å². The van der Waals surface area contributed by atoms with Crippen LogP contribution in [0.3, 0.4) is 0 Å². The van der Waals surface area contributed by atoms with Gasteiger partial charge in [-0.2, -0.15) is 24.9 Å². The molecule has 1 aromatic carbocycles. The summed E-state index contributed by atoms with van der Waals surface area (Å²) >= 11 is 1.89. The van der Waals surface area contributed by atoms with Crippen molar-refractivity contribution in [3.8, 4) is 0 Å². The third-order valence-corrected chi connectivity index (χ3v) is 5.89. The quantitative estimate of drug-likeness (QED) is 0.812. The van der Waals surface area contributed by atoms with E-state index in [2.05, 4.69) is 4.90 Å². The smallest absolute Gasteiger partial charge is 0.341 e. The van der Waals surface area contributed by atoms with E-state index in [9.17, 15) is 18.0 Å². The van der Waals surface area contributed by atoms with Crippen LogP contribution in [0.5, 0.6) is 0 Å². The number of hydrogen-bond donors (Lipinski definition) is 0. The van der Waals surface area contributed by atoms with Crippen LogP contribution in [0.4, 0.5) is 13.2 Å². The summed E-state index contributed by atoms with van der Waals surface area (Å²) < 4.78 is 37.8. The second-order valence-corrected chi connectivity index (χ2v) is 7.91. The average molecular weight is 372 g/mol. The van der Waals surface area contributed by atoms with Gasteiger partial charge >= 0.3 is 6.18 Å². The monoisotopic (exact) mass is 372 g/mol. The van der Waals surface area contributed by atoms with Gasteiger partial charge in [0.05, 0.1) is 5.56 Å². The lowest BCUT2D eigenvalue weighted by Gasteiger charge is -2.35. The molecule has 0 aliphatic carbocycles. The summed E-state index contributed by atoms with van der Waals surface area (Å²) in [4.78, 5) is 16.8. The van der Waals surface area contributed by atoms with Gasteiger partial charge in [-0.25, -0.2) is 0 Å².